The second-order valence-electron chi connectivity index (χ2n) is 9.19. The summed E-state index contributed by atoms with van der Waals surface area (Å²) in [6.45, 7) is 4.00. The van der Waals surface area contributed by atoms with Crippen LogP contribution in [0.5, 0.6) is 0 Å². The van der Waals surface area contributed by atoms with Gasteiger partial charge >= 0.3 is 0 Å². The van der Waals surface area contributed by atoms with Crippen molar-refractivity contribution < 1.29 is 4.39 Å². The van der Waals surface area contributed by atoms with Gasteiger partial charge in [-0.15, -0.1) is 0 Å². The molecule has 0 spiro atoms. The molecule has 5 rings (SSSR count). The van der Waals surface area contributed by atoms with Gasteiger partial charge in [0.15, 0.2) is 11.6 Å². The molecule has 0 radical (unpaired) electrons. The van der Waals surface area contributed by atoms with Crippen LogP contribution in [0.1, 0.15) is 50.3 Å². The van der Waals surface area contributed by atoms with Crippen LogP contribution in [0.3, 0.4) is 0 Å². The van der Waals surface area contributed by atoms with Crippen LogP contribution in [0.2, 0.25) is 5.02 Å². The quantitative estimate of drug-likeness (QED) is 0.239. The van der Waals surface area contributed by atoms with Crippen molar-refractivity contribution in [3.05, 3.63) is 70.8 Å². The lowest BCUT2D eigenvalue weighted by atomic mass is 9.96. The number of hydrogen-bond acceptors (Lipinski definition) is 6. The van der Waals surface area contributed by atoms with E-state index in [2.05, 4.69) is 33.0 Å². The van der Waals surface area contributed by atoms with E-state index >= 15 is 4.39 Å². The highest BCUT2D eigenvalue weighted by molar-refractivity contribution is 8.00. The molecule has 2 aromatic carbocycles. The third-order valence-electron chi connectivity index (χ3n) is 6.65. The molecule has 0 amide bonds. The number of hydrogen-bond donors (Lipinski definition) is 2. The Hall–Kier alpha value is -2.90. The summed E-state index contributed by atoms with van der Waals surface area (Å²) < 4.78 is 18.1. The first-order valence-electron chi connectivity index (χ1n) is 12.4. The van der Waals surface area contributed by atoms with Crippen molar-refractivity contribution >= 4 is 46.2 Å². The number of rotatable bonds is 7. The Morgan fingerprint density at radius 1 is 1.08 bits per heavy atom. The van der Waals surface area contributed by atoms with Crippen LogP contribution in [-0.2, 0) is 6.42 Å². The van der Waals surface area contributed by atoms with Gasteiger partial charge in [-0.1, -0.05) is 49.9 Å². The van der Waals surface area contributed by atoms with Crippen molar-refractivity contribution in [1.29, 1.82) is 0 Å². The highest BCUT2D eigenvalue weighted by atomic mass is 35.5. The van der Waals surface area contributed by atoms with Crippen LogP contribution in [0.15, 0.2) is 53.6 Å². The number of aryl methyl sites for hydroxylation is 2. The van der Waals surface area contributed by atoms with Crippen LogP contribution in [0, 0.1) is 12.7 Å². The van der Waals surface area contributed by atoms with Crippen LogP contribution >= 0.6 is 23.5 Å². The molecule has 8 heteroatoms. The van der Waals surface area contributed by atoms with Gasteiger partial charge in [0.25, 0.3) is 0 Å². The standard InChI is InChI=1S/C28H29ClFN5S/c1-3-18-13-19(14-20-16-31-28(34-26(18)20)33-21-9-5-4-6-10-21)22-15-24(30)27(32-17(22)2)35-36-25-12-8-7-11-23(25)29/h7-8,11-16,21H,3-6,9-10H2,1-2H3,(H,32,35)(H,31,33,34). The number of anilines is 2. The minimum absolute atomic E-state index is 0.180. The summed E-state index contributed by atoms with van der Waals surface area (Å²) in [5, 5.41) is 5.06. The Balaban J connectivity index is 1.42. The predicted molar refractivity (Wildman–Crippen MR) is 148 cm³/mol. The maximum Gasteiger partial charge on any atom is 0.223 e. The molecule has 4 aromatic rings. The molecule has 0 bridgehead atoms. The van der Waals surface area contributed by atoms with Gasteiger partial charge in [-0.05, 0) is 79.6 Å². The van der Waals surface area contributed by atoms with E-state index in [4.69, 9.17) is 16.6 Å². The summed E-state index contributed by atoms with van der Waals surface area (Å²) in [4.78, 5) is 14.8. The molecular weight excluding hydrogens is 493 g/mol. The highest BCUT2D eigenvalue weighted by Gasteiger charge is 2.17. The molecule has 2 N–H and O–H groups in total. The Morgan fingerprint density at radius 2 is 1.89 bits per heavy atom. The fourth-order valence-electron chi connectivity index (χ4n) is 4.72. The first-order chi connectivity index (χ1) is 17.5. The van der Waals surface area contributed by atoms with E-state index in [1.807, 2.05) is 37.4 Å². The monoisotopic (exact) mass is 521 g/mol. The third-order valence-corrected chi connectivity index (χ3v) is 7.97. The molecule has 1 aliphatic rings. The lowest BCUT2D eigenvalue weighted by Gasteiger charge is -2.22. The van der Waals surface area contributed by atoms with Crippen LogP contribution in [0.25, 0.3) is 22.0 Å². The molecule has 0 saturated heterocycles. The van der Waals surface area contributed by atoms with Gasteiger partial charge in [-0.25, -0.2) is 19.3 Å². The number of nitrogens with zero attached hydrogens (tertiary/aromatic N) is 3. The van der Waals surface area contributed by atoms with E-state index in [9.17, 15) is 0 Å². The molecule has 2 aromatic heterocycles. The second-order valence-corrected chi connectivity index (χ2v) is 10.4. The van der Waals surface area contributed by atoms with Crippen LogP contribution in [-0.4, -0.2) is 21.0 Å². The molecule has 1 fully saturated rings. The lowest BCUT2D eigenvalue weighted by molar-refractivity contribution is 0.461. The highest BCUT2D eigenvalue weighted by Crippen LogP contribution is 2.33. The van der Waals surface area contributed by atoms with E-state index in [0.29, 0.717) is 17.0 Å². The summed E-state index contributed by atoms with van der Waals surface area (Å²) >= 11 is 7.45. The molecule has 1 aliphatic carbocycles. The summed E-state index contributed by atoms with van der Waals surface area (Å²) in [6.07, 6.45) is 8.84. The number of fused-ring (bicyclic) bond motifs is 1. The molecule has 0 atom stereocenters. The average Bonchev–Trinajstić information content (AvgIpc) is 2.89. The normalized spacial score (nSPS) is 14.2. The zero-order valence-corrected chi connectivity index (χ0v) is 22.0. The summed E-state index contributed by atoms with van der Waals surface area (Å²) in [6, 6.07) is 13.5. The maximum atomic E-state index is 15.1. The van der Waals surface area contributed by atoms with Gasteiger partial charge in [0.1, 0.15) is 0 Å². The van der Waals surface area contributed by atoms with Gasteiger partial charge < -0.3 is 10.0 Å². The molecule has 0 aliphatic heterocycles. The van der Waals surface area contributed by atoms with Crippen LogP contribution < -0.4 is 10.0 Å². The second kappa shape index (κ2) is 11.0. The van der Waals surface area contributed by atoms with Crippen molar-refractivity contribution in [3.63, 3.8) is 0 Å². The van der Waals surface area contributed by atoms with Gasteiger partial charge in [0.2, 0.25) is 5.95 Å². The van der Waals surface area contributed by atoms with E-state index in [1.165, 1.54) is 50.1 Å². The number of nitrogens with one attached hydrogen (secondary N) is 2. The zero-order chi connectivity index (χ0) is 25.1. The molecular formula is C28H29ClFN5S. The Bertz CT molecular complexity index is 1390. The Kier molecular flexibility index (Phi) is 7.58. The first kappa shape index (κ1) is 24.8. The molecule has 5 nitrogen and oxygen atoms in total. The minimum atomic E-state index is -0.420. The van der Waals surface area contributed by atoms with Crippen molar-refractivity contribution in [2.75, 3.05) is 10.0 Å². The van der Waals surface area contributed by atoms with E-state index < -0.39 is 5.82 Å². The molecule has 186 valence electrons. The number of halogens is 2. The smallest absolute Gasteiger partial charge is 0.223 e. The third kappa shape index (κ3) is 5.42. The van der Waals surface area contributed by atoms with Gasteiger partial charge in [0, 0.05) is 33.8 Å². The van der Waals surface area contributed by atoms with Crippen molar-refractivity contribution in [2.24, 2.45) is 0 Å². The fourth-order valence-corrected chi connectivity index (χ4v) is 5.63. The Morgan fingerprint density at radius 3 is 2.67 bits per heavy atom. The predicted octanol–water partition coefficient (Wildman–Crippen LogP) is 8.22. The number of benzene rings is 2. The molecule has 36 heavy (non-hydrogen) atoms. The average molecular weight is 522 g/mol. The number of pyridine rings is 1. The SMILES string of the molecule is CCc1cc(-c2cc(F)c(NSc3ccccc3Cl)nc2C)cc2cnc(NC3CCCCC3)nc12. The summed E-state index contributed by atoms with van der Waals surface area (Å²) in [5.74, 6) is 0.447. The van der Waals surface area contributed by atoms with Gasteiger partial charge in [0.05, 0.1) is 10.5 Å². The van der Waals surface area contributed by atoms with Crippen molar-refractivity contribution in [1.82, 2.24) is 15.0 Å². The Labute approximate surface area is 220 Å². The van der Waals surface area contributed by atoms with E-state index in [0.717, 1.165) is 44.6 Å². The lowest BCUT2D eigenvalue weighted by Crippen LogP contribution is -2.23. The summed E-state index contributed by atoms with van der Waals surface area (Å²) in [7, 11) is 0. The largest absolute Gasteiger partial charge is 0.351 e. The van der Waals surface area contributed by atoms with Gasteiger partial charge in [-0.2, -0.15) is 0 Å². The van der Waals surface area contributed by atoms with Crippen molar-refractivity contribution in [3.8, 4) is 11.1 Å². The topological polar surface area (TPSA) is 62.7 Å². The number of aromatic nitrogens is 3. The zero-order valence-electron chi connectivity index (χ0n) is 20.4. The van der Waals surface area contributed by atoms with Crippen LogP contribution in [0.4, 0.5) is 16.2 Å². The minimum Gasteiger partial charge on any atom is -0.351 e. The van der Waals surface area contributed by atoms with E-state index in [1.54, 1.807) is 6.07 Å². The first-order valence-corrected chi connectivity index (χ1v) is 13.6. The molecule has 1 saturated carbocycles. The maximum absolute atomic E-state index is 15.1. The summed E-state index contributed by atoms with van der Waals surface area (Å²) in [5.41, 5.74) is 4.44. The van der Waals surface area contributed by atoms with Crippen molar-refractivity contribution in [2.45, 2.75) is 63.3 Å². The molecule has 2 heterocycles. The van der Waals surface area contributed by atoms with Gasteiger partial charge in [-0.3, -0.25) is 0 Å². The van der Waals surface area contributed by atoms with E-state index in [-0.39, 0.29) is 5.82 Å². The molecule has 0 unspecified atom stereocenters. The fraction of sp³-hybridized carbons (Fsp3) is 0.321.